The second kappa shape index (κ2) is 13.4. The van der Waals surface area contributed by atoms with Gasteiger partial charge in [-0.3, -0.25) is 19.4 Å². The first kappa shape index (κ1) is 30.3. The molecule has 5 rings (SSSR count). The highest BCUT2D eigenvalue weighted by Crippen LogP contribution is 2.42. The lowest BCUT2D eigenvalue weighted by atomic mass is 9.66. The minimum Gasteiger partial charge on any atom is -0.339 e. The van der Waals surface area contributed by atoms with Gasteiger partial charge in [0.15, 0.2) is 0 Å². The van der Waals surface area contributed by atoms with Crippen LogP contribution < -0.4 is 10.6 Å². The van der Waals surface area contributed by atoms with Crippen LogP contribution in [0.25, 0.3) is 11.1 Å². The number of hydrogen-bond donors (Lipinski definition) is 3. The van der Waals surface area contributed by atoms with Crippen LogP contribution in [0, 0.1) is 31.6 Å². The highest BCUT2D eigenvalue weighted by Gasteiger charge is 2.41. The highest BCUT2D eigenvalue weighted by molar-refractivity contribution is 6.32. The maximum atomic E-state index is 14.3. The molecule has 3 aromatic rings. The van der Waals surface area contributed by atoms with Crippen molar-refractivity contribution in [3.05, 3.63) is 46.6 Å². The molecule has 0 bridgehead atoms. The quantitative estimate of drug-likeness (QED) is 0.230. The Bertz CT molecular complexity index is 1350. The molecule has 0 spiro atoms. The average Bonchev–Trinajstić information content (AvgIpc) is 3.61. The van der Waals surface area contributed by atoms with Crippen molar-refractivity contribution >= 4 is 29.2 Å². The zero-order valence-corrected chi connectivity index (χ0v) is 26.0. The summed E-state index contributed by atoms with van der Waals surface area (Å²) in [6.45, 7) is 7.84. The number of anilines is 1. The first-order valence-corrected chi connectivity index (χ1v) is 16.0. The van der Waals surface area contributed by atoms with Crippen molar-refractivity contribution in [3.63, 3.8) is 0 Å². The summed E-state index contributed by atoms with van der Waals surface area (Å²) in [5.74, 6) is 0.677. The van der Waals surface area contributed by atoms with Crippen molar-refractivity contribution in [2.24, 2.45) is 17.8 Å². The Kier molecular flexibility index (Phi) is 9.66. The van der Waals surface area contributed by atoms with Gasteiger partial charge in [-0.05, 0) is 63.6 Å². The lowest BCUT2D eigenvalue weighted by Crippen LogP contribution is -2.53. The molecular weight excluding hydrogens is 550 g/mol. The summed E-state index contributed by atoms with van der Waals surface area (Å²) in [5.41, 5.74) is 3.86. The van der Waals surface area contributed by atoms with Crippen LogP contribution in [-0.2, 0) is 4.79 Å². The number of aromatic nitrogens is 5. The number of aromatic amines is 1. The Morgan fingerprint density at radius 3 is 2.17 bits per heavy atom. The van der Waals surface area contributed by atoms with Gasteiger partial charge >= 0.3 is 0 Å². The molecule has 2 aliphatic carbocycles. The Balaban J connectivity index is 1.46. The summed E-state index contributed by atoms with van der Waals surface area (Å²) in [7, 11) is 0. The molecule has 42 heavy (non-hydrogen) atoms. The van der Waals surface area contributed by atoms with Crippen LogP contribution in [-0.4, -0.2) is 42.8 Å². The molecule has 0 saturated heterocycles. The molecule has 0 unspecified atom stereocenters. The van der Waals surface area contributed by atoms with Gasteiger partial charge in [0.25, 0.3) is 5.91 Å². The van der Waals surface area contributed by atoms with E-state index in [9.17, 15) is 9.59 Å². The predicted molar refractivity (Wildman–Crippen MR) is 165 cm³/mol. The summed E-state index contributed by atoms with van der Waals surface area (Å²) in [4.78, 5) is 32.6. The minimum absolute atomic E-state index is 0.0212. The molecule has 3 heterocycles. The third-order valence-corrected chi connectivity index (χ3v) is 9.52. The van der Waals surface area contributed by atoms with E-state index >= 15 is 0 Å². The van der Waals surface area contributed by atoms with E-state index in [-0.39, 0.29) is 28.9 Å². The van der Waals surface area contributed by atoms with E-state index in [1.165, 1.54) is 38.5 Å². The minimum atomic E-state index is -0.696. The summed E-state index contributed by atoms with van der Waals surface area (Å²) < 4.78 is 1.71. The van der Waals surface area contributed by atoms with Crippen molar-refractivity contribution in [1.82, 2.24) is 30.3 Å². The molecule has 2 fully saturated rings. The topological polar surface area (TPSA) is 118 Å². The van der Waals surface area contributed by atoms with Gasteiger partial charge in [-0.2, -0.15) is 10.2 Å². The van der Waals surface area contributed by atoms with E-state index in [1.807, 2.05) is 33.8 Å². The van der Waals surface area contributed by atoms with Gasteiger partial charge < -0.3 is 10.6 Å². The van der Waals surface area contributed by atoms with Crippen molar-refractivity contribution in [1.29, 1.82) is 0 Å². The van der Waals surface area contributed by atoms with Crippen LogP contribution in [0.4, 0.5) is 5.82 Å². The zero-order chi connectivity index (χ0) is 29.8. The lowest BCUT2D eigenvalue weighted by Gasteiger charge is -2.42. The monoisotopic (exact) mass is 593 g/mol. The Morgan fingerprint density at radius 2 is 1.62 bits per heavy atom. The molecule has 0 aliphatic heterocycles. The first-order valence-electron chi connectivity index (χ1n) is 15.6. The highest BCUT2D eigenvalue weighted by atomic mass is 35.5. The number of amides is 2. The number of nitrogens with one attached hydrogen (secondary N) is 3. The van der Waals surface area contributed by atoms with Crippen LogP contribution >= 0.6 is 11.6 Å². The number of carbonyl (C=O) groups is 2. The molecule has 3 N–H and O–H groups in total. The van der Waals surface area contributed by atoms with Gasteiger partial charge in [-0.25, -0.2) is 4.98 Å². The molecule has 2 amide bonds. The molecular formula is C32H44ClN7O2. The summed E-state index contributed by atoms with van der Waals surface area (Å²) in [6, 6.07) is 4.68. The van der Waals surface area contributed by atoms with Gasteiger partial charge in [-0.15, -0.1) is 0 Å². The van der Waals surface area contributed by atoms with E-state index in [0.717, 1.165) is 48.2 Å². The summed E-state index contributed by atoms with van der Waals surface area (Å²) in [5, 5.41) is 18.2. The molecule has 0 aromatic carbocycles. The van der Waals surface area contributed by atoms with Gasteiger partial charge in [0.2, 0.25) is 5.91 Å². The number of halogens is 1. The predicted octanol–water partition coefficient (Wildman–Crippen LogP) is 7.03. The fraction of sp³-hybridized carbons (Fsp3) is 0.594. The Morgan fingerprint density at radius 1 is 0.976 bits per heavy atom. The SMILES string of the molecule is Cc1n[nH]c(C)c1-c1ccc(NC(=O)[C@@H](NC(=O)c2ccnn2C(C)C)C(C2CCCCC2)C2CCCCC2)nc1Cl. The second-order valence-corrected chi connectivity index (χ2v) is 12.8. The number of nitrogens with zero attached hydrogens (tertiary/aromatic N) is 4. The molecule has 9 nitrogen and oxygen atoms in total. The fourth-order valence-electron chi connectivity index (χ4n) is 7.27. The number of pyridine rings is 1. The third-order valence-electron chi connectivity index (χ3n) is 9.23. The molecule has 1 atom stereocenters. The maximum Gasteiger partial charge on any atom is 0.270 e. The largest absolute Gasteiger partial charge is 0.339 e. The second-order valence-electron chi connectivity index (χ2n) is 12.4. The molecule has 3 aromatic heterocycles. The van der Waals surface area contributed by atoms with Gasteiger partial charge in [-0.1, -0.05) is 75.8 Å². The normalized spacial score (nSPS) is 17.5. The van der Waals surface area contributed by atoms with E-state index in [0.29, 0.717) is 23.3 Å². The van der Waals surface area contributed by atoms with E-state index < -0.39 is 6.04 Å². The number of H-pyrrole nitrogens is 1. The molecule has 10 heteroatoms. The van der Waals surface area contributed by atoms with Crippen molar-refractivity contribution in [2.75, 3.05) is 5.32 Å². The molecule has 2 aliphatic rings. The third kappa shape index (κ3) is 6.56. The molecule has 226 valence electrons. The number of hydrogen-bond acceptors (Lipinski definition) is 5. The Hall–Kier alpha value is -3.20. The summed E-state index contributed by atoms with van der Waals surface area (Å²) in [6.07, 6.45) is 13.1. The van der Waals surface area contributed by atoms with E-state index in [1.54, 1.807) is 23.0 Å². The lowest BCUT2D eigenvalue weighted by molar-refractivity contribution is -0.121. The van der Waals surface area contributed by atoms with Crippen LogP contribution in [0.3, 0.4) is 0 Å². The van der Waals surface area contributed by atoms with Crippen LogP contribution in [0.1, 0.15) is 106 Å². The summed E-state index contributed by atoms with van der Waals surface area (Å²) >= 11 is 6.65. The smallest absolute Gasteiger partial charge is 0.270 e. The first-order chi connectivity index (χ1) is 20.2. The van der Waals surface area contributed by atoms with Crippen molar-refractivity contribution in [3.8, 4) is 11.1 Å². The van der Waals surface area contributed by atoms with Gasteiger partial charge in [0, 0.05) is 29.1 Å². The van der Waals surface area contributed by atoms with Crippen LogP contribution in [0.5, 0.6) is 0 Å². The van der Waals surface area contributed by atoms with Crippen LogP contribution in [0.2, 0.25) is 5.15 Å². The number of aryl methyl sites for hydroxylation is 2. The average molecular weight is 594 g/mol. The van der Waals surface area contributed by atoms with E-state index in [2.05, 4.69) is 30.9 Å². The maximum absolute atomic E-state index is 14.3. The van der Waals surface area contributed by atoms with Gasteiger partial charge in [0.05, 0.1) is 5.69 Å². The van der Waals surface area contributed by atoms with Gasteiger partial charge in [0.1, 0.15) is 22.7 Å². The molecule has 0 radical (unpaired) electrons. The zero-order valence-electron chi connectivity index (χ0n) is 25.3. The fourth-order valence-corrected chi connectivity index (χ4v) is 7.52. The van der Waals surface area contributed by atoms with Crippen molar-refractivity contribution < 1.29 is 9.59 Å². The number of carbonyl (C=O) groups excluding carboxylic acids is 2. The Labute approximate surface area is 253 Å². The number of rotatable bonds is 9. The van der Waals surface area contributed by atoms with Crippen molar-refractivity contribution in [2.45, 2.75) is 104 Å². The van der Waals surface area contributed by atoms with E-state index in [4.69, 9.17) is 11.6 Å². The molecule has 2 saturated carbocycles. The standard InChI is InChI=1S/C32H44ClN7O2/c1-19(2)40-25(17-18-34-40)31(41)37-29(28(22-11-7-5-8-12-22)23-13-9-6-10-14-23)32(42)36-26-16-15-24(30(33)35-26)27-20(3)38-39-21(27)4/h15-19,22-23,28-29H,5-14H2,1-4H3,(H,37,41)(H,38,39)(H,35,36,42)/t29-/m0/s1. The van der Waals surface area contributed by atoms with Crippen LogP contribution in [0.15, 0.2) is 24.4 Å².